The van der Waals surface area contributed by atoms with Crippen LogP contribution in [0.1, 0.15) is 37.8 Å². The largest absolute Gasteiger partial charge is 0.508 e. The number of hydrogen-bond acceptors (Lipinski definition) is 6. The van der Waals surface area contributed by atoms with Crippen molar-refractivity contribution in [2.24, 2.45) is 11.8 Å². The second kappa shape index (κ2) is 11.9. The lowest BCUT2D eigenvalue weighted by molar-refractivity contribution is 0.0558. The van der Waals surface area contributed by atoms with Crippen molar-refractivity contribution in [2.75, 3.05) is 47.4 Å². The molecule has 1 heterocycles. The number of nitrogens with zero attached hydrogens (tertiary/aromatic N) is 2. The first kappa shape index (κ1) is 27.5. The zero-order chi connectivity index (χ0) is 27.4. The van der Waals surface area contributed by atoms with Gasteiger partial charge >= 0.3 is 0 Å². The Labute approximate surface area is 223 Å². The van der Waals surface area contributed by atoms with Crippen molar-refractivity contribution >= 4 is 11.6 Å². The molecule has 0 amide bonds. The number of aromatic hydroxyl groups is 1. The fourth-order valence-electron chi connectivity index (χ4n) is 5.44. The normalized spacial score (nSPS) is 19.9. The summed E-state index contributed by atoms with van der Waals surface area (Å²) in [5, 5.41) is 10.1. The van der Waals surface area contributed by atoms with Crippen LogP contribution in [0.5, 0.6) is 11.5 Å². The number of piperidine rings is 1. The molecule has 3 atom stereocenters. The van der Waals surface area contributed by atoms with E-state index in [2.05, 4.69) is 9.80 Å². The maximum absolute atomic E-state index is 14.8. The first-order valence-electron chi connectivity index (χ1n) is 12.8. The summed E-state index contributed by atoms with van der Waals surface area (Å²) in [5.41, 5.74) is 1.97. The molecule has 0 aromatic heterocycles. The fraction of sp³-hybridized carbons (Fsp3) is 0.355. The molecule has 0 bridgehead atoms. The number of methoxy groups -OCH3 is 1. The van der Waals surface area contributed by atoms with Crippen LogP contribution in [0, 0.1) is 24.6 Å². The Morgan fingerprint density at radius 2 is 1.58 bits per heavy atom. The molecule has 1 N–H and O–H groups in total. The van der Waals surface area contributed by atoms with Crippen LogP contribution in [0.25, 0.3) is 0 Å². The lowest BCUT2D eigenvalue weighted by Gasteiger charge is -2.44. The highest BCUT2D eigenvalue weighted by atomic mass is 19.1. The van der Waals surface area contributed by atoms with Crippen LogP contribution in [0.4, 0.5) is 4.39 Å². The summed E-state index contributed by atoms with van der Waals surface area (Å²) in [5.74, 6) is -1.84. The van der Waals surface area contributed by atoms with E-state index in [0.717, 1.165) is 6.54 Å². The van der Waals surface area contributed by atoms with E-state index < -0.39 is 17.8 Å². The van der Waals surface area contributed by atoms with Crippen molar-refractivity contribution in [3.63, 3.8) is 0 Å². The van der Waals surface area contributed by atoms with Crippen LogP contribution < -0.4 is 4.74 Å². The van der Waals surface area contributed by atoms with Gasteiger partial charge in [0.1, 0.15) is 17.3 Å². The molecule has 0 unspecified atom stereocenters. The number of rotatable bonds is 9. The SMILES string of the molecule is COc1cccc(C(=O)[C@H]2CN(CCN(C)C)C[C@H](C(=O)c3cccc(O)c3)[C@H]2c2cccc(F)c2C)c1. The van der Waals surface area contributed by atoms with Gasteiger partial charge < -0.3 is 19.6 Å². The van der Waals surface area contributed by atoms with Crippen LogP contribution in [0.15, 0.2) is 66.7 Å². The summed E-state index contributed by atoms with van der Waals surface area (Å²) in [7, 11) is 5.52. The number of hydrogen-bond donors (Lipinski definition) is 1. The van der Waals surface area contributed by atoms with Crippen molar-refractivity contribution in [1.29, 1.82) is 0 Å². The third-order valence-electron chi connectivity index (χ3n) is 7.47. The van der Waals surface area contributed by atoms with Crippen molar-refractivity contribution in [1.82, 2.24) is 9.80 Å². The van der Waals surface area contributed by atoms with Crippen molar-refractivity contribution in [2.45, 2.75) is 12.8 Å². The van der Waals surface area contributed by atoms with Gasteiger partial charge in [0, 0.05) is 55.1 Å². The van der Waals surface area contributed by atoms with Gasteiger partial charge in [0.2, 0.25) is 0 Å². The Balaban J connectivity index is 1.85. The van der Waals surface area contributed by atoms with Crippen LogP contribution >= 0.6 is 0 Å². The average molecular weight is 519 g/mol. The molecule has 4 rings (SSSR count). The van der Waals surface area contributed by atoms with Gasteiger partial charge in [-0.25, -0.2) is 4.39 Å². The smallest absolute Gasteiger partial charge is 0.167 e. The van der Waals surface area contributed by atoms with E-state index in [4.69, 9.17) is 4.74 Å². The van der Waals surface area contributed by atoms with Crippen LogP contribution in [0.2, 0.25) is 0 Å². The zero-order valence-electron chi connectivity index (χ0n) is 22.4. The molecule has 0 saturated carbocycles. The minimum atomic E-state index is -0.618. The van der Waals surface area contributed by atoms with Gasteiger partial charge in [-0.1, -0.05) is 36.4 Å². The quantitative estimate of drug-likeness (QED) is 0.410. The zero-order valence-corrected chi connectivity index (χ0v) is 22.4. The number of benzene rings is 3. The van der Waals surface area contributed by atoms with E-state index in [1.54, 1.807) is 56.5 Å². The molecular formula is C31H35FN2O4. The Hall–Kier alpha value is -3.55. The predicted molar refractivity (Wildman–Crippen MR) is 146 cm³/mol. The summed E-state index contributed by atoms with van der Waals surface area (Å²) >= 11 is 0. The van der Waals surface area contributed by atoms with Crippen LogP contribution in [-0.4, -0.2) is 73.9 Å². The summed E-state index contributed by atoms with van der Waals surface area (Å²) in [6.07, 6.45) is 0. The minimum Gasteiger partial charge on any atom is -0.508 e. The molecule has 0 spiro atoms. The number of likely N-dealkylation sites (tertiary alicyclic amines) is 1. The monoisotopic (exact) mass is 518 g/mol. The Morgan fingerprint density at radius 1 is 0.974 bits per heavy atom. The second-order valence-electron chi connectivity index (χ2n) is 10.3. The third-order valence-corrected chi connectivity index (χ3v) is 7.47. The maximum Gasteiger partial charge on any atom is 0.167 e. The van der Waals surface area contributed by atoms with Gasteiger partial charge in [-0.2, -0.15) is 0 Å². The number of likely N-dealkylation sites (N-methyl/N-ethyl adjacent to an activating group) is 1. The van der Waals surface area contributed by atoms with Gasteiger partial charge in [0.05, 0.1) is 7.11 Å². The van der Waals surface area contributed by atoms with E-state index in [9.17, 15) is 19.1 Å². The van der Waals surface area contributed by atoms with Crippen LogP contribution in [-0.2, 0) is 0 Å². The van der Waals surface area contributed by atoms with Crippen LogP contribution in [0.3, 0.4) is 0 Å². The second-order valence-corrected chi connectivity index (χ2v) is 10.3. The molecule has 0 aliphatic carbocycles. The van der Waals surface area contributed by atoms with Crippen molar-refractivity contribution in [3.05, 3.63) is 94.8 Å². The number of phenols is 1. The standard InChI is InChI=1S/C31H35FN2O4/c1-20-25(12-7-13-28(20)32)29-26(30(36)21-8-5-10-23(35)16-21)18-34(15-14-33(2)3)19-27(29)31(37)22-9-6-11-24(17-22)38-4/h5-13,16-17,26-27,29,35H,14-15,18-19H2,1-4H3/t26-,27-,29+/m0/s1. The molecule has 1 aliphatic rings. The third kappa shape index (κ3) is 5.95. The Kier molecular flexibility index (Phi) is 8.59. The Morgan fingerprint density at radius 3 is 2.18 bits per heavy atom. The highest BCUT2D eigenvalue weighted by Crippen LogP contribution is 2.42. The van der Waals surface area contributed by atoms with Gasteiger partial charge in [0.25, 0.3) is 0 Å². The molecule has 38 heavy (non-hydrogen) atoms. The molecule has 1 aliphatic heterocycles. The number of Topliss-reactive ketones (excluding diaryl/α,β-unsaturated/α-hetero) is 2. The lowest BCUT2D eigenvalue weighted by Crippen LogP contribution is -2.51. The van der Waals surface area contributed by atoms with E-state index in [1.165, 1.54) is 18.2 Å². The molecule has 3 aromatic rings. The molecule has 7 heteroatoms. The van der Waals surface area contributed by atoms with E-state index >= 15 is 0 Å². The molecule has 200 valence electrons. The number of ketones is 2. The first-order chi connectivity index (χ1) is 18.2. The van der Waals surface area contributed by atoms with E-state index in [1.807, 2.05) is 20.2 Å². The molecule has 1 saturated heterocycles. The van der Waals surface area contributed by atoms with Gasteiger partial charge in [-0.15, -0.1) is 0 Å². The first-order valence-corrected chi connectivity index (χ1v) is 12.8. The molecule has 0 radical (unpaired) electrons. The fourth-order valence-corrected chi connectivity index (χ4v) is 5.44. The number of halogens is 1. The molecule has 1 fully saturated rings. The van der Waals surface area contributed by atoms with Gasteiger partial charge in [-0.3, -0.25) is 9.59 Å². The lowest BCUT2D eigenvalue weighted by atomic mass is 9.67. The predicted octanol–water partition coefficient (Wildman–Crippen LogP) is 4.81. The highest BCUT2D eigenvalue weighted by Gasteiger charge is 2.45. The molecule has 3 aromatic carbocycles. The number of carbonyl (C=O) groups excluding carboxylic acids is 2. The average Bonchev–Trinajstić information content (AvgIpc) is 2.92. The maximum atomic E-state index is 14.8. The van der Waals surface area contributed by atoms with Crippen molar-refractivity contribution in [3.8, 4) is 11.5 Å². The summed E-state index contributed by atoms with van der Waals surface area (Å²) in [6.45, 7) is 4.00. The number of carbonyl (C=O) groups is 2. The molecular weight excluding hydrogens is 483 g/mol. The Bertz CT molecular complexity index is 1310. The van der Waals surface area contributed by atoms with E-state index in [0.29, 0.717) is 47.6 Å². The van der Waals surface area contributed by atoms with Gasteiger partial charge in [-0.05, 0) is 62.5 Å². The summed E-state index contributed by atoms with van der Waals surface area (Å²) < 4.78 is 20.2. The summed E-state index contributed by atoms with van der Waals surface area (Å²) in [6, 6.07) is 18.2. The van der Waals surface area contributed by atoms with Gasteiger partial charge in [0.15, 0.2) is 11.6 Å². The topological polar surface area (TPSA) is 70.1 Å². The molecule has 6 nitrogen and oxygen atoms in total. The van der Waals surface area contributed by atoms with Crippen molar-refractivity contribution < 1.29 is 23.8 Å². The number of ether oxygens (including phenoxy) is 1. The van der Waals surface area contributed by atoms with E-state index in [-0.39, 0.29) is 23.1 Å². The number of phenolic OH excluding ortho intramolecular Hbond substituents is 1. The highest BCUT2D eigenvalue weighted by molar-refractivity contribution is 6.02. The minimum absolute atomic E-state index is 0.00128. The summed E-state index contributed by atoms with van der Waals surface area (Å²) in [4.78, 5) is 32.4.